The van der Waals surface area contributed by atoms with Crippen molar-refractivity contribution in [2.75, 3.05) is 30.4 Å². The van der Waals surface area contributed by atoms with Crippen molar-refractivity contribution in [3.63, 3.8) is 0 Å². The van der Waals surface area contributed by atoms with Gasteiger partial charge in [0.1, 0.15) is 18.0 Å². The van der Waals surface area contributed by atoms with Gasteiger partial charge < -0.3 is 10.2 Å². The first-order valence-electron chi connectivity index (χ1n) is 7.32. The second-order valence-electron chi connectivity index (χ2n) is 5.11. The van der Waals surface area contributed by atoms with Crippen LogP contribution in [0.4, 0.5) is 11.6 Å². The van der Waals surface area contributed by atoms with E-state index in [4.69, 9.17) is 5.26 Å². The monoisotopic (exact) mass is 275 g/mol. The van der Waals surface area contributed by atoms with Gasteiger partial charge in [0.05, 0.1) is 12.0 Å². The fourth-order valence-corrected chi connectivity index (χ4v) is 2.15. The quantitative estimate of drug-likeness (QED) is 0.790. The second-order valence-corrected chi connectivity index (χ2v) is 5.11. The second kappa shape index (κ2) is 8.36. The molecule has 0 radical (unpaired) electrons. The fourth-order valence-electron chi connectivity index (χ4n) is 2.15. The summed E-state index contributed by atoms with van der Waals surface area (Å²) in [6, 6.07) is 2.27. The summed E-state index contributed by atoms with van der Waals surface area (Å²) in [6.45, 7) is 7.80. The molecule has 0 aliphatic carbocycles. The zero-order valence-electron chi connectivity index (χ0n) is 13.0. The minimum atomic E-state index is -0.0171. The van der Waals surface area contributed by atoms with Crippen LogP contribution in [0, 0.1) is 17.2 Å². The van der Waals surface area contributed by atoms with E-state index >= 15 is 0 Å². The van der Waals surface area contributed by atoms with Crippen molar-refractivity contribution in [2.24, 2.45) is 5.92 Å². The predicted molar refractivity (Wildman–Crippen MR) is 82.9 cm³/mol. The Bertz CT molecular complexity index is 452. The molecule has 0 bridgehead atoms. The third kappa shape index (κ3) is 4.37. The maximum absolute atomic E-state index is 8.95. The summed E-state index contributed by atoms with van der Waals surface area (Å²) in [5.74, 6) is 1.84. The zero-order chi connectivity index (χ0) is 15.0. The molecule has 0 saturated heterocycles. The molecule has 1 N–H and O–H groups in total. The smallest absolute Gasteiger partial charge is 0.137 e. The Morgan fingerprint density at radius 3 is 2.70 bits per heavy atom. The summed E-state index contributed by atoms with van der Waals surface area (Å²) in [7, 11) is 1.99. The molecule has 0 aliphatic rings. The van der Waals surface area contributed by atoms with Crippen molar-refractivity contribution in [1.29, 1.82) is 5.26 Å². The van der Waals surface area contributed by atoms with Crippen molar-refractivity contribution < 1.29 is 0 Å². The number of anilines is 2. The Labute approximate surface area is 122 Å². The van der Waals surface area contributed by atoms with Gasteiger partial charge in [-0.25, -0.2) is 9.97 Å². The Kier molecular flexibility index (Phi) is 6.78. The molecule has 5 heteroatoms. The summed E-state index contributed by atoms with van der Waals surface area (Å²) in [5.41, 5.74) is 1.15. The van der Waals surface area contributed by atoms with Crippen LogP contribution in [-0.4, -0.2) is 30.1 Å². The molecule has 1 atom stereocenters. The maximum atomic E-state index is 8.95. The van der Waals surface area contributed by atoms with Gasteiger partial charge in [-0.3, -0.25) is 0 Å². The van der Waals surface area contributed by atoms with Gasteiger partial charge in [-0.2, -0.15) is 5.26 Å². The molecular weight excluding hydrogens is 250 g/mol. The Morgan fingerprint density at radius 1 is 1.35 bits per heavy atom. The Hall–Kier alpha value is -1.83. The number of aromatic nitrogens is 2. The Balaban J connectivity index is 3.01. The molecule has 1 aromatic rings. The topological polar surface area (TPSA) is 64.8 Å². The molecule has 1 rings (SSSR count). The summed E-state index contributed by atoms with van der Waals surface area (Å²) in [4.78, 5) is 10.8. The lowest BCUT2D eigenvalue weighted by Gasteiger charge is -2.23. The number of hydrogen-bond donors (Lipinski definition) is 1. The van der Waals surface area contributed by atoms with Gasteiger partial charge in [-0.05, 0) is 19.8 Å². The molecule has 5 nitrogen and oxygen atoms in total. The minimum absolute atomic E-state index is 0.0171. The average Bonchev–Trinajstić information content (AvgIpc) is 2.46. The van der Waals surface area contributed by atoms with E-state index in [0.717, 1.165) is 43.0 Å². The van der Waals surface area contributed by atoms with Gasteiger partial charge in [0.2, 0.25) is 0 Å². The highest BCUT2D eigenvalue weighted by atomic mass is 15.2. The summed E-state index contributed by atoms with van der Waals surface area (Å²) in [5, 5.41) is 12.3. The van der Waals surface area contributed by atoms with Crippen LogP contribution in [0.5, 0.6) is 0 Å². The molecule has 0 amide bonds. The van der Waals surface area contributed by atoms with Crippen molar-refractivity contribution in [3.8, 4) is 6.07 Å². The van der Waals surface area contributed by atoms with Gasteiger partial charge in [0.15, 0.2) is 0 Å². The summed E-state index contributed by atoms with van der Waals surface area (Å²) < 4.78 is 0. The number of rotatable bonds is 8. The number of nitrogens with one attached hydrogen (secondary N) is 1. The molecule has 0 fully saturated rings. The summed E-state index contributed by atoms with van der Waals surface area (Å²) in [6.07, 6.45) is 4.64. The average molecular weight is 275 g/mol. The first-order valence-corrected chi connectivity index (χ1v) is 7.32. The lowest BCUT2D eigenvalue weighted by molar-refractivity contribution is 0.704. The first kappa shape index (κ1) is 16.2. The van der Waals surface area contributed by atoms with Crippen LogP contribution < -0.4 is 10.2 Å². The van der Waals surface area contributed by atoms with Crippen LogP contribution >= 0.6 is 0 Å². The molecule has 20 heavy (non-hydrogen) atoms. The zero-order valence-corrected chi connectivity index (χ0v) is 13.0. The third-order valence-corrected chi connectivity index (χ3v) is 3.09. The fraction of sp³-hybridized carbons (Fsp3) is 0.667. The number of nitrogens with zero attached hydrogens (tertiary/aromatic N) is 4. The van der Waals surface area contributed by atoms with Crippen LogP contribution in [0.15, 0.2) is 6.33 Å². The van der Waals surface area contributed by atoms with Gasteiger partial charge >= 0.3 is 0 Å². The van der Waals surface area contributed by atoms with E-state index in [-0.39, 0.29) is 5.92 Å². The van der Waals surface area contributed by atoms with Crippen molar-refractivity contribution >= 4 is 11.6 Å². The van der Waals surface area contributed by atoms with E-state index in [2.05, 4.69) is 40.1 Å². The first-order chi connectivity index (χ1) is 9.63. The van der Waals surface area contributed by atoms with Gasteiger partial charge in [-0.15, -0.1) is 0 Å². The molecule has 110 valence electrons. The van der Waals surface area contributed by atoms with E-state index < -0.39 is 0 Å². The predicted octanol–water partition coefficient (Wildman–Crippen LogP) is 2.85. The van der Waals surface area contributed by atoms with E-state index in [1.165, 1.54) is 0 Å². The van der Waals surface area contributed by atoms with Gasteiger partial charge in [0.25, 0.3) is 0 Å². The van der Waals surface area contributed by atoms with E-state index in [0.29, 0.717) is 6.54 Å². The molecule has 0 spiro atoms. The Morgan fingerprint density at radius 2 is 2.10 bits per heavy atom. The lowest BCUT2D eigenvalue weighted by Crippen LogP contribution is -2.26. The van der Waals surface area contributed by atoms with Crippen LogP contribution in [0.1, 0.15) is 39.2 Å². The lowest BCUT2D eigenvalue weighted by atomic mass is 10.1. The SMILES string of the molecule is CCCNc1ncnc(N(C)CC(C)C#N)c1CCC. The maximum Gasteiger partial charge on any atom is 0.137 e. The van der Waals surface area contributed by atoms with Crippen LogP contribution in [0.25, 0.3) is 0 Å². The highest BCUT2D eigenvalue weighted by Crippen LogP contribution is 2.24. The molecule has 1 unspecified atom stereocenters. The van der Waals surface area contributed by atoms with Gasteiger partial charge in [-0.1, -0.05) is 20.3 Å². The number of nitriles is 1. The highest BCUT2D eigenvalue weighted by molar-refractivity contribution is 5.58. The van der Waals surface area contributed by atoms with E-state index in [1.807, 2.05) is 14.0 Å². The molecule has 1 aromatic heterocycles. The van der Waals surface area contributed by atoms with Crippen LogP contribution in [-0.2, 0) is 6.42 Å². The summed E-state index contributed by atoms with van der Waals surface area (Å²) >= 11 is 0. The minimum Gasteiger partial charge on any atom is -0.370 e. The molecule has 0 saturated carbocycles. The molecular formula is C15H25N5. The largest absolute Gasteiger partial charge is 0.370 e. The third-order valence-electron chi connectivity index (χ3n) is 3.09. The van der Waals surface area contributed by atoms with Crippen LogP contribution in [0.2, 0.25) is 0 Å². The molecule has 0 aliphatic heterocycles. The molecule has 0 aromatic carbocycles. The molecule has 1 heterocycles. The van der Waals surface area contributed by atoms with Crippen molar-refractivity contribution in [1.82, 2.24) is 9.97 Å². The normalized spacial score (nSPS) is 11.8. The van der Waals surface area contributed by atoms with Crippen LogP contribution in [0.3, 0.4) is 0 Å². The van der Waals surface area contributed by atoms with Crippen molar-refractivity contribution in [3.05, 3.63) is 11.9 Å². The standard InChI is InChI=1S/C15H25N5/c1-5-7-13-14(17-8-6-2)18-11-19-15(13)20(4)10-12(3)9-16/h11-12H,5-8,10H2,1-4H3,(H,17,18,19). The van der Waals surface area contributed by atoms with E-state index in [1.54, 1.807) is 6.33 Å². The highest BCUT2D eigenvalue weighted by Gasteiger charge is 2.15. The van der Waals surface area contributed by atoms with Crippen molar-refractivity contribution in [2.45, 2.75) is 40.0 Å². The van der Waals surface area contributed by atoms with Gasteiger partial charge in [0, 0.05) is 25.7 Å². The number of hydrogen-bond acceptors (Lipinski definition) is 5. The van der Waals surface area contributed by atoms with E-state index in [9.17, 15) is 0 Å².